The Morgan fingerprint density at radius 2 is 2.07 bits per heavy atom. The summed E-state index contributed by atoms with van der Waals surface area (Å²) in [6, 6.07) is 11.6. The molecule has 1 fully saturated rings. The van der Waals surface area contributed by atoms with Gasteiger partial charge < -0.3 is 18.6 Å². The molecule has 1 saturated heterocycles. The van der Waals surface area contributed by atoms with Crippen molar-refractivity contribution >= 4 is 27.6 Å². The number of hydrogen-bond acceptors (Lipinski definition) is 6. The lowest BCUT2D eigenvalue weighted by Gasteiger charge is -2.33. The molecule has 136 valence electrons. The first-order valence-corrected chi connectivity index (χ1v) is 8.80. The van der Waals surface area contributed by atoms with E-state index < -0.39 is 6.04 Å². The number of aromatic nitrogens is 2. The Kier molecular flexibility index (Phi) is 3.68. The number of furan rings is 1. The highest BCUT2D eigenvalue weighted by atomic mass is 16.5. The van der Waals surface area contributed by atoms with Crippen LogP contribution in [0.2, 0.25) is 0 Å². The molecule has 1 unspecified atom stereocenters. The summed E-state index contributed by atoms with van der Waals surface area (Å²) in [6.45, 7) is 3.14. The highest BCUT2D eigenvalue weighted by molar-refractivity contribution is 6.08. The minimum atomic E-state index is -0.394. The van der Waals surface area contributed by atoms with Gasteiger partial charge in [-0.3, -0.25) is 4.79 Å². The van der Waals surface area contributed by atoms with Crippen LogP contribution in [0.1, 0.15) is 28.0 Å². The number of morpholine rings is 1. The van der Waals surface area contributed by atoms with Crippen LogP contribution in [-0.2, 0) is 4.74 Å². The van der Waals surface area contributed by atoms with Crippen LogP contribution in [0.15, 0.2) is 51.7 Å². The molecule has 0 aliphatic carbocycles. The molecule has 3 heterocycles. The maximum absolute atomic E-state index is 13.3. The third-order valence-corrected chi connectivity index (χ3v) is 5.09. The predicted molar refractivity (Wildman–Crippen MR) is 97.4 cm³/mol. The average molecular weight is 363 g/mol. The Bertz CT molecular complexity index is 1130. The van der Waals surface area contributed by atoms with Crippen LogP contribution in [0, 0.1) is 6.92 Å². The van der Waals surface area contributed by atoms with Gasteiger partial charge in [-0.15, -0.1) is 0 Å². The van der Waals surface area contributed by atoms with Gasteiger partial charge in [-0.1, -0.05) is 41.6 Å². The van der Waals surface area contributed by atoms with Crippen LogP contribution in [0.25, 0.3) is 21.7 Å². The van der Waals surface area contributed by atoms with Gasteiger partial charge in [-0.2, -0.15) is 4.98 Å². The van der Waals surface area contributed by atoms with Crippen LogP contribution in [0.5, 0.6) is 0 Å². The second-order valence-electron chi connectivity index (χ2n) is 6.60. The van der Waals surface area contributed by atoms with Crippen LogP contribution in [0.3, 0.4) is 0 Å². The molecule has 0 spiro atoms. The van der Waals surface area contributed by atoms with Crippen molar-refractivity contribution < 1.29 is 18.5 Å². The summed E-state index contributed by atoms with van der Waals surface area (Å²) in [6.07, 6.45) is 1.26. The lowest BCUT2D eigenvalue weighted by atomic mass is 10.1. The van der Waals surface area contributed by atoms with Gasteiger partial charge in [0, 0.05) is 22.9 Å². The van der Waals surface area contributed by atoms with Gasteiger partial charge in [0.25, 0.3) is 5.91 Å². The van der Waals surface area contributed by atoms with Gasteiger partial charge in [-0.05, 0) is 12.3 Å². The van der Waals surface area contributed by atoms with E-state index in [0.717, 1.165) is 27.3 Å². The molecular formula is C20H17N3O4. The first-order valence-electron chi connectivity index (χ1n) is 8.80. The molecule has 0 N–H and O–H groups in total. The van der Waals surface area contributed by atoms with Gasteiger partial charge in [0.1, 0.15) is 11.6 Å². The summed E-state index contributed by atoms with van der Waals surface area (Å²) >= 11 is 0. The fourth-order valence-electron chi connectivity index (χ4n) is 3.67. The zero-order chi connectivity index (χ0) is 18.4. The first-order chi connectivity index (χ1) is 13.2. The molecule has 2 aromatic carbocycles. The summed E-state index contributed by atoms with van der Waals surface area (Å²) in [4.78, 5) is 19.1. The molecule has 27 heavy (non-hydrogen) atoms. The molecule has 0 saturated carbocycles. The lowest BCUT2D eigenvalue weighted by molar-refractivity contribution is -0.00723. The Morgan fingerprint density at radius 3 is 2.93 bits per heavy atom. The number of fused-ring (bicyclic) bond motifs is 3. The fraction of sp³-hybridized carbons (Fsp3) is 0.250. The van der Waals surface area contributed by atoms with Crippen LogP contribution in [-0.4, -0.2) is 40.7 Å². The fourth-order valence-corrected chi connectivity index (χ4v) is 3.67. The van der Waals surface area contributed by atoms with Gasteiger partial charge in [-0.25, -0.2) is 0 Å². The normalized spacial score (nSPS) is 17.7. The monoisotopic (exact) mass is 363 g/mol. The Morgan fingerprint density at radius 1 is 1.19 bits per heavy atom. The van der Waals surface area contributed by atoms with E-state index in [1.165, 1.54) is 6.39 Å². The molecule has 1 amide bonds. The van der Waals surface area contributed by atoms with Crippen LogP contribution >= 0.6 is 0 Å². The van der Waals surface area contributed by atoms with E-state index in [9.17, 15) is 4.79 Å². The van der Waals surface area contributed by atoms with Crippen molar-refractivity contribution in [2.45, 2.75) is 13.0 Å². The molecular weight excluding hydrogens is 346 g/mol. The number of aryl methyl sites for hydroxylation is 1. The van der Waals surface area contributed by atoms with Crippen LogP contribution in [0.4, 0.5) is 0 Å². The maximum Gasteiger partial charge on any atom is 0.290 e. The molecule has 0 radical (unpaired) electrons. The minimum absolute atomic E-state index is 0.189. The number of ether oxygens (including phenoxy) is 1. The van der Waals surface area contributed by atoms with E-state index in [0.29, 0.717) is 31.3 Å². The zero-order valence-electron chi connectivity index (χ0n) is 14.7. The third kappa shape index (κ3) is 2.50. The standard InChI is InChI=1S/C20H17N3O4/c1-12-14-7-6-13-4-2-3-5-15(13)18(14)27-17(12)20(24)23-8-9-25-10-16(23)19-21-11-26-22-19/h2-7,11,16H,8-10H2,1H3. The number of carbonyl (C=O) groups is 1. The molecule has 1 aliphatic rings. The number of hydrogen-bond donors (Lipinski definition) is 0. The number of benzene rings is 2. The average Bonchev–Trinajstić information content (AvgIpc) is 3.36. The molecule has 1 atom stereocenters. The molecule has 1 aliphatic heterocycles. The molecule has 7 nitrogen and oxygen atoms in total. The smallest absolute Gasteiger partial charge is 0.290 e. The van der Waals surface area contributed by atoms with Crippen molar-refractivity contribution in [3.63, 3.8) is 0 Å². The minimum Gasteiger partial charge on any atom is -0.450 e. The second-order valence-corrected chi connectivity index (χ2v) is 6.60. The van der Waals surface area contributed by atoms with Crippen molar-refractivity contribution in [3.05, 3.63) is 59.9 Å². The van der Waals surface area contributed by atoms with E-state index in [-0.39, 0.29) is 5.91 Å². The maximum atomic E-state index is 13.3. The Labute approximate surface area is 154 Å². The Hall–Kier alpha value is -3.19. The van der Waals surface area contributed by atoms with Crippen molar-refractivity contribution in [3.8, 4) is 0 Å². The van der Waals surface area contributed by atoms with E-state index in [4.69, 9.17) is 13.7 Å². The SMILES string of the molecule is Cc1c(C(=O)N2CCOCC2c2ncon2)oc2c1ccc1ccccc12. The quantitative estimate of drug-likeness (QED) is 0.542. The van der Waals surface area contributed by atoms with E-state index in [1.807, 2.05) is 43.3 Å². The summed E-state index contributed by atoms with van der Waals surface area (Å²) in [5.74, 6) is 0.588. The van der Waals surface area contributed by atoms with Gasteiger partial charge in [0.15, 0.2) is 11.6 Å². The topological polar surface area (TPSA) is 81.6 Å². The van der Waals surface area contributed by atoms with E-state index >= 15 is 0 Å². The summed E-state index contributed by atoms with van der Waals surface area (Å²) in [5, 5.41) is 6.90. The second kappa shape index (κ2) is 6.21. The largest absolute Gasteiger partial charge is 0.450 e. The van der Waals surface area contributed by atoms with Crippen molar-refractivity contribution in [2.75, 3.05) is 19.8 Å². The lowest BCUT2D eigenvalue weighted by Crippen LogP contribution is -2.43. The van der Waals surface area contributed by atoms with Gasteiger partial charge >= 0.3 is 0 Å². The number of carbonyl (C=O) groups excluding carboxylic acids is 1. The van der Waals surface area contributed by atoms with E-state index in [1.54, 1.807) is 4.90 Å². The highest BCUT2D eigenvalue weighted by Crippen LogP contribution is 2.33. The van der Waals surface area contributed by atoms with Gasteiger partial charge in [0.2, 0.25) is 6.39 Å². The van der Waals surface area contributed by atoms with Crippen molar-refractivity contribution in [1.29, 1.82) is 0 Å². The summed E-state index contributed by atoms with van der Waals surface area (Å²) < 4.78 is 16.5. The Balaban J connectivity index is 1.61. The van der Waals surface area contributed by atoms with E-state index in [2.05, 4.69) is 10.1 Å². The summed E-state index contributed by atoms with van der Waals surface area (Å²) in [5.41, 5.74) is 1.57. The summed E-state index contributed by atoms with van der Waals surface area (Å²) in [7, 11) is 0. The molecule has 5 rings (SSSR count). The van der Waals surface area contributed by atoms with Gasteiger partial charge in [0.05, 0.1) is 13.2 Å². The number of nitrogens with zero attached hydrogens (tertiary/aromatic N) is 3. The number of rotatable bonds is 2. The molecule has 7 heteroatoms. The molecule has 0 bridgehead atoms. The van der Waals surface area contributed by atoms with Crippen molar-refractivity contribution in [2.24, 2.45) is 0 Å². The predicted octanol–water partition coefficient (Wildman–Crippen LogP) is 3.49. The third-order valence-electron chi connectivity index (χ3n) is 5.09. The molecule has 2 aromatic heterocycles. The molecule has 4 aromatic rings. The zero-order valence-corrected chi connectivity index (χ0v) is 14.7. The first kappa shape index (κ1) is 16.0. The number of amides is 1. The highest BCUT2D eigenvalue weighted by Gasteiger charge is 2.34. The van der Waals surface area contributed by atoms with Crippen LogP contribution < -0.4 is 0 Å². The van der Waals surface area contributed by atoms with Crippen molar-refractivity contribution in [1.82, 2.24) is 15.0 Å².